The van der Waals surface area contributed by atoms with E-state index in [0.29, 0.717) is 5.56 Å². The molecule has 0 aliphatic rings. The average Bonchev–Trinajstić information content (AvgIpc) is 2.26. The Balaban J connectivity index is 2.69. The first kappa shape index (κ1) is 11.4. The van der Waals surface area contributed by atoms with Gasteiger partial charge >= 0.3 is 0 Å². The van der Waals surface area contributed by atoms with Crippen molar-refractivity contribution in [2.24, 2.45) is 0 Å². The van der Waals surface area contributed by atoms with E-state index in [4.69, 9.17) is 0 Å². The van der Waals surface area contributed by atoms with Gasteiger partial charge in [0.15, 0.2) is 5.78 Å². The van der Waals surface area contributed by atoms with Gasteiger partial charge < -0.3 is 5.32 Å². The number of amides is 1. The van der Waals surface area contributed by atoms with Crippen LogP contribution in [0.25, 0.3) is 0 Å². The van der Waals surface area contributed by atoms with Gasteiger partial charge in [0.05, 0.1) is 6.54 Å². The fraction of sp³-hybridized carbons (Fsp3) is 0.333. The SMILES string of the molecule is CCc1cccc(C(=O)CNC(C)=O)c1. The van der Waals surface area contributed by atoms with Crippen molar-refractivity contribution in [3.05, 3.63) is 35.4 Å². The molecule has 0 saturated carbocycles. The third kappa shape index (κ3) is 3.54. The molecule has 0 unspecified atom stereocenters. The van der Waals surface area contributed by atoms with Crippen molar-refractivity contribution in [3.8, 4) is 0 Å². The molecule has 1 rings (SSSR count). The predicted molar refractivity (Wildman–Crippen MR) is 58.8 cm³/mol. The molecule has 0 atom stereocenters. The van der Waals surface area contributed by atoms with Crippen molar-refractivity contribution in [2.75, 3.05) is 6.54 Å². The first-order valence-electron chi connectivity index (χ1n) is 5.00. The largest absolute Gasteiger partial charge is 0.349 e. The molecule has 0 aliphatic carbocycles. The molecule has 1 N–H and O–H groups in total. The zero-order valence-corrected chi connectivity index (χ0v) is 9.04. The maximum Gasteiger partial charge on any atom is 0.217 e. The molecular weight excluding hydrogens is 190 g/mol. The van der Waals surface area contributed by atoms with E-state index >= 15 is 0 Å². The summed E-state index contributed by atoms with van der Waals surface area (Å²) in [6, 6.07) is 7.47. The number of carbonyl (C=O) groups excluding carboxylic acids is 2. The first-order chi connectivity index (χ1) is 7.13. The Hall–Kier alpha value is -1.64. The predicted octanol–water partition coefficient (Wildman–Crippen LogP) is 1.57. The minimum absolute atomic E-state index is 0.0551. The van der Waals surface area contributed by atoms with Crippen molar-refractivity contribution >= 4 is 11.7 Å². The summed E-state index contributed by atoms with van der Waals surface area (Å²) >= 11 is 0. The molecule has 0 fully saturated rings. The Morgan fingerprint density at radius 3 is 2.67 bits per heavy atom. The second kappa shape index (κ2) is 5.29. The van der Waals surface area contributed by atoms with Gasteiger partial charge in [0.1, 0.15) is 0 Å². The Kier molecular flexibility index (Phi) is 4.03. The van der Waals surface area contributed by atoms with Crippen LogP contribution in [-0.4, -0.2) is 18.2 Å². The Morgan fingerprint density at radius 1 is 1.33 bits per heavy atom. The zero-order chi connectivity index (χ0) is 11.3. The maximum atomic E-state index is 11.6. The number of carbonyl (C=O) groups is 2. The molecule has 0 saturated heterocycles. The maximum absolute atomic E-state index is 11.6. The molecule has 3 heteroatoms. The summed E-state index contributed by atoms with van der Waals surface area (Å²) in [7, 11) is 0. The summed E-state index contributed by atoms with van der Waals surface area (Å²) in [5.41, 5.74) is 1.78. The molecule has 0 aromatic heterocycles. The lowest BCUT2D eigenvalue weighted by atomic mass is 10.1. The van der Waals surface area contributed by atoms with Crippen molar-refractivity contribution in [1.82, 2.24) is 5.32 Å². The van der Waals surface area contributed by atoms with Crippen LogP contribution in [0.3, 0.4) is 0 Å². The van der Waals surface area contributed by atoms with Gasteiger partial charge in [-0.2, -0.15) is 0 Å². The van der Waals surface area contributed by atoms with Gasteiger partial charge in [0.2, 0.25) is 5.91 Å². The first-order valence-corrected chi connectivity index (χ1v) is 5.00. The van der Waals surface area contributed by atoms with Crippen LogP contribution in [0, 0.1) is 0 Å². The van der Waals surface area contributed by atoms with E-state index < -0.39 is 0 Å². The summed E-state index contributed by atoms with van der Waals surface area (Å²) < 4.78 is 0. The number of Topliss-reactive ketones (excluding diaryl/α,β-unsaturated/α-hetero) is 1. The van der Waals surface area contributed by atoms with Crippen LogP contribution in [-0.2, 0) is 11.2 Å². The molecular formula is C12H15NO2. The molecule has 0 spiro atoms. The monoisotopic (exact) mass is 205 g/mol. The second-order valence-electron chi connectivity index (χ2n) is 3.39. The molecule has 0 aliphatic heterocycles. The highest BCUT2D eigenvalue weighted by Crippen LogP contribution is 2.06. The normalized spacial score (nSPS) is 9.73. The summed E-state index contributed by atoms with van der Waals surface area (Å²) in [6.45, 7) is 3.51. The van der Waals surface area contributed by atoms with Gasteiger partial charge in [-0.1, -0.05) is 25.1 Å². The standard InChI is InChI=1S/C12H15NO2/c1-3-10-5-4-6-11(7-10)12(15)8-13-9(2)14/h4-7H,3,8H2,1-2H3,(H,13,14). The van der Waals surface area contributed by atoms with E-state index in [9.17, 15) is 9.59 Å². The quantitative estimate of drug-likeness (QED) is 0.758. The molecule has 0 radical (unpaired) electrons. The van der Waals surface area contributed by atoms with E-state index in [1.807, 2.05) is 25.1 Å². The highest BCUT2D eigenvalue weighted by Gasteiger charge is 2.06. The number of aryl methyl sites for hydroxylation is 1. The molecule has 80 valence electrons. The third-order valence-corrected chi connectivity index (χ3v) is 2.16. The number of nitrogens with one attached hydrogen (secondary N) is 1. The van der Waals surface area contributed by atoms with E-state index in [2.05, 4.69) is 5.32 Å². The van der Waals surface area contributed by atoms with E-state index in [1.165, 1.54) is 6.92 Å². The summed E-state index contributed by atoms with van der Waals surface area (Å²) in [6.07, 6.45) is 0.904. The lowest BCUT2D eigenvalue weighted by molar-refractivity contribution is -0.118. The van der Waals surface area contributed by atoms with Crippen molar-refractivity contribution in [1.29, 1.82) is 0 Å². The lowest BCUT2D eigenvalue weighted by Crippen LogP contribution is -2.27. The number of hydrogen-bond donors (Lipinski definition) is 1. The highest BCUT2D eigenvalue weighted by molar-refractivity contribution is 5.99. The van der Waals surface area contributed by atoms with Gasteiger partial charge in [-0.25, -0.2) is 0 Å². The zero-order valence-electron chi connectivity index (χ0n) is 9.04. The van der Waals surface area contributed by atoms with Crippen LogP contribution >= 0.6 is 0 Å². The molecule has 15 heavy (non-hydrogen) atoms. The minimum atomic E-state index is -0.185. The van der Waals surface area contributed by atoms with Crippen LogP contribution in [0.4, 0.5) is 0 Å². The summed E-state index contributed by atoms with van der Waals surface area (Å²) in [4.78, 5) is 22.2. The van der Waals surface area contributed by atoms with Crippen LogP contribution in [0.2, 0.25) is 0 Å². The molecule has 1 amide bonds. The molecule has 1 aromatic rings. The highest BCUT2D eigenvalue weighted by atomic mass is 16.2. The number of hydrogen-bond acceptors (Lipinski definition) is 2. The van der Waals surface area contributed by atoms with Crippen LogP contribution in [0.1, 0.15) is 29.8 Å². The third-order valence-electron chi connectivity index (χ3n) is 2.16. The van der Waals surface area contributed by atoms with Crippen LogP contribution in [0.5, 0.6) is 0 Å². The second-order valence-corrected chi connectivity index (χ2v) is 3.39. The average molecular weight is 205 g/mol. The Labute approximate surface area is 89.5 Å². The molecule has 0 heterocycles. The van der Waals surface area contributed by atoms with E-state index in [1.54, 1.807) is 6.07 Å². The van der Waals surface area contributed by atoms with Crippen LogP contribution in [0.15, 0.2) is 24.3 Å². The Morgan fingerprint density at radius 2 is 2.07 bits per heavy atom. The molecule has 1 aromatic carbocycles. The van der Waals surface area contributed by atoms with Gasteiger partial charge in [0.25, 0.3) is 0 Å². The van der Waals surface area contributed by atoms with Gasteiger partial charge in [0, 0.05) is 12.5 Å². The topological polar surface area (TPSA) is 46.2 Å². The smallest absolute Gasteiger partial charge is 0.217 e. The van der Waals surface area contributed by atoms with Crippen molar-refractivity contribution < 1.29 is 9.59 Å². The van der Waals surface area contributed by atoms with E-state index in [0.717, 1.165) is 12.0 Å². The van der Waals surface area contributed by atoms with E-state index in [-0.39, 0.29) is 18.2 Å². The minimum Gasteiger partial charge on any atom is -0.349 e. The fourth-order valence-corrected chi connectivity index (χ4v) is 1.27. The number of ketones is 1. The summed E-state index contributed by atoms with van der Waals surface area (Å²) in [5.74, 6) is -0.240. The molecule has 3 nitrogen and oxygen atoms in total. The van der Waals surface area contributed by atoms with Gasteiger partial charge in [-0.3, -0.25) is 9.59 Å². The van der Waals surface area contributed by atoms with Crippen molar-refractivity contribution in [3.63, 3.8) is 0 Å². The Bertz CT molecular complexity index is 372. The summed E-state index contributed by atoms with van der Waals surface area (Å²) in [5, 5.41) is 2.49. The lowest BCUT2D eigenvalue weighted by Gasteiger charge is -2.03. The number of benzene rings is 1. The van der Waals surface area contributed by atoms with Gasteiger partial charge in [-0.05, 0) is 18.1 Å². The fourth-order valence-electron chi connectivity index (χ4n) is 1.27. The number of rotatable bonds is 4. The van der Waals surface area contributed by atoms with Crippen LogP contribution < -0.4 is 5.32 Å². The van der Waals surface area contributed by atoms with Crippen molar-refractivity contribution in [2.45, 2.75) is 20.3 Å². The van der Waals surface area contributed by atoms with Gasteiger partial charge in [-0.15, -0.1) is 0 Å². The molecule has 0 bridgehead atoms.